The Morgan fingerprint density at radius 2 is 1.92 bits per heavy atom. The molecule has 1 N–H and O–H groups in total. The van der Waals surface area contributed by atoms with Gasteiger partial charge in [-0.05, 0) is 31.5 Å². The fourth-order valence-electron chi connectivity index (χ4n) is 2.47. The van der Waals surface area contributed by atoms with Gasteiger partial charge in [-0.3, -0.25) is 14.8 Å². The molecule has 0 radical (unpaired) electrons. The quantitative estimate of drug-likeness (QED) is 0.789. The van der Waals surface area contributed by atoms with Crippen LogP contribution in [0.2, 0.25) is 5.02 Å². The maximum Gasteiger partial charge on any atom is 0.261 e. The fourth-order valence-corrected chi connectivity index (χ4v) is 2.60. The summed E-state index contributed by atoms with van der Waals surface area (Å²) in [6.07, 6.45) is 1.58. The second-order valence-electron chi connectivity index (χ2n) is 5.52. The lowest BCUT2D eigenvalue weighted by Gasteiger charge is -2.02. The molecule has 0 aliphatic heterocycles. The zero-order chi connectivity index (χ0) is 17.3. The fraction of sp³-hybridized carbons (Fsp3) is 0.250. The summed E-state index contributed by atoms with van der Waals surface area (Å²) < 4.78 is 3.33. The molecule has 24 heavy (non-hydrogen) atoms. The van der Waals surface area contributed by atoms with Crippen molar-refractivity contribution in [3.05, 3.63) is 58.1 Å². The van der Waals surface area contributed by atoms with Gasteiger partial charge in [-0.25, -0.2) is 9.67 Å². The summed E-state index contributed by atoms with van der Waals surface area (Å²) in [5.41, 5.74) is 3.06. The van der Waals surface area contributed by atoms with Crippen LogP contribution in [0.5, 0.6) is 0 Å². The molecule has 0 aliphatic rings. The van der Waals surface area contributed by atoms with Crippen LogP contribution in [-0.2, 0) is 13.6 Å². The first-order valence-corrected chi connectivity index (χ1v) is 7.77. The molecule has 0 saturated carbocycles. The predicted octanol–water partition coefficient (Wildman–Crippen LogP) is 2.58. The van der Waals surface area contributed by atoms with E-state index in [0.717, 1.165) is 11.3 Å². The molecule has 0 bridgehead atoms. The van der Waals surface area contributed by atoms with E-state index in [1.54, 1.807) is 29.7 Å². The molecular formula is C16H17ClN6O. The molecular weight excluding hydrogens is 328 g/mol. The van der Waals surface area contributed by atoms with Gasteiger partial charge >= 0.3 is 0 Å². The van der Waals surface area contributed by atoms with Gasteiger partial charge in [0.25, 0.3) is 5.91 Å². The van der Waals surface area contributed by atoms with E-state index in [9.17, 15) is 4.79 Å². The zero-order valence-electron chi connectivity index (χ0n) is 13.6. The van der Waals surface area contributed by atoms with E-state index in [0.29, 0.717) is 22.8 Å². The van der Waals surface area contributed by atoms with Crippen molar-refractivity contribution in [3.8, 4) is 0 Å². The number of carbonyl (C=O) groups excluding carboxylic acids is 1. The largest absolute Gasteiger partial charge is 0.289 e. The van der Waals surface area contributed by atoms with Gasteiger partial charge in [-0.2, -0.15) is 5.10 Å². The average molecular weight is 345 g/mol. The smallest absolute Gasteiger partial charge is 0.261 e. The van der Waals surface area contributed by atoms with Gasteiger partial charge in [0.05, 0.1) is 17.8 Å². The number of halogens is 1. The summed E-state index contributed by atoms with van der Waals surface area (Å²) in [6, 6.07) is 7.49. The summed E-state index contributed by atoms with van der Waals surface area (Å²) in [6.45, 7) is 4.20. The van der Waals surface area contributed by atoms with Gasteiger partial charge in [0.2, 0.25) is 5.95 Å². The average Bonchev–Trinajstić information content (AvgIpc) is 3.06. The van der Waals surface area contributed by atoms with Gasteiger partial charge in [-0.15, -0.1) is 5.10 Å². The molecule has 1 aromatic carbocycles. The first kappa shape index (κ1) is 16.2. The normalized spacial score (nSPS) is 10.8. The van der Waals surface area contributed by atoms with Crippen molar-refractivity contribution in [2.24, 2.45) is 7.05 Å². The maximum atomic E-state index is 12.4. The first-order chi connectivity index (χ1) is 11.4. The van der Waals surface area contributed by atoms with Crippen LogP contribution in [0.1, 0.15) is 27.3 Å². The summed E-state index contributed by atoms with van der Waals surface area (Å²) in [5, 5.41) is 11.9. The van der Waals surface area contributed by atoms with Gasteiger partial charge in [0, 0.05) is 17.8 Å². The van der Waals surface area contributed by atoms with Crippen LogP contribution < -0.4 is 5.32 Å². The number of carbonyl (C=O) groups is 1. The van der Waals surface area contributed by atoms with Crippen molar-refractivity contribution in [2.45, 2.75) is 20.4 Å². The third-order valence-corrected chi connectivity index (χ3v) is 4.01. The highest BCUT2D eigenvalue weighted by Crippen LogP contribution is 2.14. The number of nitrogens with one attached hydrogen (secondary N) is 1. The lowest BCUT2D eigenvalue weighted by Crippen LogP contribution is -2.15. The number of anilines is 1. The first-order valence-electron chi connectivity index (χ1n) is 7.39. The van der Waals surface area contributed by atoms with Crippen LogP contribution in [0.3, 0.4) is 0 Å². The molecule has 3 aromatic rings. The standard InChI is InChI=1S/C16H17ClN6O/c1-10-14(11(2)22(3)20-10)15(24)19-16-18-9-23(21-16)8-12-4-6-13(17)7-5-12/h4-7,9H,8H2,1-3H3,(H,19,21,24). The SMILES string of the molecule is Cc1nn(C)c(C)c1C(=O)Nc1ncn(Cc2ccc(Cl)cc2)n1. The summed E-state index contributed by atoms with van der Waals surface area (Å²) >= 11 is 5.87. The van der Waals surface area contributed by atoms with Crippen molar-refractivity contribution in [3.63, 3.8) is 0 Å². The number of hydrogen-bond acceptors (Lipinski definition) is 4. The number of benzene rings is 1. The minimum absolute atomic E-state index is 0.261. The molecule has 2 aromatic heterocycles. The van der Waals surface area contributed by atoms with Crippen molar-refractivity contribution in [1.82, 2.24) is 24.5 Å². The number of nitrogens with zero attached hydrogens (tertiary/aromatic N) is 5. The van der Waals surface area contributed by atoms with E-state index in [1.807, 2.05) is 31.2 Å². The second kappa shape index (κ2) is 6.45. The monoisotopic (exact) mass is 344 g/mol. The molecule has 0 fully saturated rings. The minimum Gasteiger partial charge on any atom is -0.289 e. The lowest BCUT2D eigenvalue weighted by atomic mass is 10.2. The van der Waals surface area contributed by atoms with Crippen molar-refractivity contribution >= 4 is 23.5 Å². The number of rotatable bonds is 4. The molecule has 0 spiro atoms. The zero-order valence-corrected chi connectivity index (χ0v) is 14.4. The molecule has 7 nitrogen and oxygen atoms in total. The van der Waals surface area contributed by atoms with Gasteiger partial charge in [-0.1, -0.05) is 23.7 Å². The highest BCUT2D eigenvalue weighted by Gasteiger charge is 2.18. The molecule has 124 valence electrons. The van der Waals surface area contributed by atoms with Crippen LogP contribution in [-0.4, -0.2) is 30.5 Å². The Morgan fingerprint density at radius 3 is 2.54 bits per heavy atom. The highest BCUT2D eigenvalue weighted by molar-refractivity contribution is 6.30. The van der Waals surface area contributed by atoms with Gasteiger partial charge < -0.3 is 0 Å². The molecule has 0 aliphatic carbocycles. The van der Waals surface area contributed by atoms with E-state index in [1.165, 1.54) is 0 Å². The van der Waals surface area contributed by atoms with Crippen LogP contribution in [0.15, 0.2) is 30.6 Å². The van der Waals surface area contributed by atoms with E-state index in [-0.39, 0.29) is 11.9 Å². The van der Waals surface area contributed by atoms with Crippen LogP contribution in [0.4, 0.5) is 5.95 Å². The Bertz CT molecular complexity index is 881. The van der Waals surface area contributed by atoms with E-state index < -0.39 is 0 Å². The molecule has 0 unspecified atom stereocenters. The molecule has 8 heteroatoms. The van der Waals surface area contributed by atoms with Gasteiger partial charge in [0.1, 0.15) is 6.33 Å². The van der Waals surface area contributed by atoms with Gasteiger partial charge in [0.15, 0.2) is 0 Å². The minimum atomic E-state index is -0.262. The number of aromatic nitrogens is 5. The molecule has 2 heterocycles. The Balaban J connectivity index is 1.71. The number of aryl methyl sites for hydroxylation is 2. The molecule has 0 atom stereocenters. The Kier molecular flexibility index (Phi) is 4.35. The number of amides is 1. The summed E-state index contributed by atoms with van der Waals surface area (Å²) in [5.74, 6) is -0.000963. The molecule has 3 rings (SSSR count). The third-order valence-electron chi connectivity index (χ3n) is 3.76. The highest BCUT2D eigenvalue weighted by atomic mass is 35.5. The Hall–Kier alpha value is -2.67. The number of hydrogen-bond donors (Lipinski definition) is 1. The van der Waals surface area contributed by atoms with Crippen molar-refractivity contribution in [1.29, 1.82) is 0 Å². The van der Waals surface area contributed by atoms with E-state index in [4.69, 9.17) is 11.6 Å². The Morgan fingerprint density at radius 1 is 1.21 bits per heavy atom. The van der Waals surface area contributed by atoms with Crippen molar-refractivity contribution in [2.75, 3.05) is 5.32 Å². The maximum absolute atomic E-state index is 12.4. The summed E-state index contributed by atoms with van der Waals surface area (Å²) in [4.78, 5) is 16.5. The van der Waals surface area contributed by atoms with Crippen LogP contribution in [0, 0.1) is 13.8 Å². The third kappa shape index (κ3) is 3.30. The van der Waals surface area contributed by atoms with E-state index in [2.05, 4.69) is 20.5 Å². The summed E-state index contributed by atoms with van der Waals surface area (Å²) in [7, 11) is 1.80. The lowest BCUT2D eigenvalue weighted by molar-refractivity contribution is 0.102. The van der Waals surface area contributed by atoms with Crippen molar-refractivity contribution < 1.29 is 4.79 Å². The second-order valence-corrected chi connectivity index (χ2v) is 5.95. The predicted molar refractivity (Wildman–Crippen MR) is 91.2 cm³/mol. The molecule has 1 amide bonds. The van der Waals surface area contributed by atoms with E-state index >= 15 is 0 Å². The Labute approximate surface area is 144 Å². The van der Waals surface area contributed by atoms with Crippen LogP contribution >= 0.6 is 11.6 Å². The topological polar surface area (TPSA) is 77.6 Å². The van der Waals surface area contributed by atoms with Crippen LogP contribution in [0.25, 0.3) is 0 Å². The molecule has 0 saturated heterocycles.